The standard InChI is InChI=1S/C22H24N2O4/c1-13(2)15-5-9-17(10-6-15)28-18-11-7-16(8-12-18)20-19(21(25)27-4)14(3)23-22(26)24-20/h5-13,20H,1-4H3,(H2,23,24,26). The highest BCUT2D eigenvalue weighted by Crippen LogP contribution is 2.30. The summed E-state index contributed by atoms with van der Waals surface area (Å²) in [6.07, 6.45) is 0. The lowest BCUT2D eigenvalue weighted by atomic mass is 9.95. The van der Waals surface area contributed by atoms with E-state index in [9.17, 15) is 9.59 Å². The summed E-state index contributed by atoms with van der Waals surface area (Å²) >= 11 is 0. The Balaban J connectivity index is 1.80. The quantitative estimate of drug-likeness (QED) is 0.754. The van der Waals surface area contributed by atoms with Crippen molar-refractivity contribution < 1.29 is 19.1 Å². The molecule has 0 radical (unpaired) electrons. The minimum absolute atomic E-state index is 0.360. The van der Waals surface area contributed by atoms with E-state index in [-0.39, 0.29) is 6.03 Å². The van der Waals surface area contributed by atoms with Gasteiger partial charge in [-0.2, -0.15) is 0 Å². The first kappa shape index (κ1) is 19.5. The summed E-state index contributed by atoms with van der Waals surface area (Å²) in [4.78, 5) is 24.0. The number of rotatable bonds is 5. The number of carbonyl (C=O) groups excluding carboxylic acids is 2. The van der Waals surface area contributed by atoms with Crippen LogP contribution in [-0.2, 0) is 9.53 Å². The number of benzene rings is 2. The van der Waals surface area contributed by atoms with Crippen molar-refractivity contribution >= 4 is 12.0 Å². The van der Waals surface area contributed by atoms with E-state index in [2.05, 4.69) is 36.6 Å². The lowest BCUT2D eigenvalue weighted by Gasteiger charge is -2.27. The van der Waals surface area contributed by atoms with Gasteiger partial charge in [0.15, 0.2) is 0 Å². The Kier molecular flexibility index (Phi) is 5.68. The predicted octanol–water partition coefficient (Wildman–Crippen LogP) is 4.40. The second kappa shape index (κ2) is 8.17. The van der Waals surface area contributed by atoms with Crippen molar-refractivity contribution in [2.75, 3.05) is 7.11 Å². The molecular formula is C22H24N2O4. The Morgan fingerprint density at radius 1 is 1.00 bits per heavy atom. The SMILES string of the molecule is COC(=O)C1=C(C)NC(=O)NC1c1ccc(Oc2ccc(C(C)C)cc2)cc1. The maximum atomic E-state index is 12.2. The molecule has 0 spiro atoms. The molecule has 0 saturated heterocycles. The number of ether oxygens (including phenoxy) is 2. The van der Waals surface area contributed by atoms with Crippen molar-refractivity contribution in [3.05, 3.63) is 70.9 Å². The fraction of sp³-hybridized carbons (Fsp3) is 0.273. The van der Waals surface area contributed by atoms with Crippen LogP contribution in [0.15, 0.2) is 59.8 Å². The van der Waals surface area contributed by atoms with E-state index < -0.39 is 12.0 Å². The normalized spacial score (nSPS) is 16.5. The second-order valence-electron chi connectivity index (χ2n) is 6.96. The largest absolute Gasteiger partial charge is 0.466 e. The molecule has 1 heterocycles. The summed E-state index contributed by atoms with van der Waals surface area (Å²) in [7, 11) is 1.32. The van der Waals surface area contributed by atoms with Gasteiger partial charge in [0.25, 0.3) is 0 Å². The monoisotopic (exact) mass is 380 g/mol. The number of allylic oxidation sites excluding steroid dienone is 1. The highest BCUT2D eigenvalue weighted by Gasteiger charge is 2.31. The van der Waals surface area contributed by atoms with Crippen molar-refractivity contribution in [3.8, 4) is 11.5 Å². The summed E-state index contributed by atoms with van der Waals surface area (Å²) in [6.45, 7) is 5.97. The maximum Gasteiger partial charge on any atom is 0.337 e. The zero-order valence-electron chi connectivity index (χ0n) is 16.4. The van der Waals surface area contributed by atoms with E-state index in [0.29, 0.717) is 22.9 Å². The molecule has 6 heteroatoms. The molecule has 146 valence electrons. The highest BCUT2D eigenvalue weighted by atomic mass is 16.5. The molecule has 0 aliphatic carbocycles. The van der Waals surface area contributed by atoms with Gasteiger partial charge < -0.3 is 20.1 Å². The van der Waals surface area contributed by atoms with Gasteiger partial charge in [0.2, 0.25) is 0 Å². The van der Waals surface area contributed by atoms with E-state index in [1.807, 2.05) is 36.4 Å². The van der Waals surface area contributed by atoms with Gasteiger partial charge in [0, 0.05) is 5.70 Å². The molecule has 0 saturated carbocycles. The average molecular weight is 380 g/mol. The van der Waals surface area contributed by atoms with Crippen LogP contribution in [0.5, 0.6) is 11.5 Å². The van der Waals surface area contributed by atoms with Crippen LogP contribution >= 0.6 is 0 Å². The Morgan fingerprint density at radius 2 is 1.57 bits per heavy atom. The van der Waals surface area contributed by atoms with Gasteiger partial charge in [0.1, 0.15) is 11.5 Å². The first-order valence-corrected chi connectivity index (χ1v) is 9.13. The highest BCUT2D eigenvalue weighted by molar-refractivity contribution is 5.94. The minimum Gasteiger partial charge on any atom is -0.466 e. The molecule has 28 heavy (non-hydrogen) atoms. The van der Waals surface area contributed by atoms with E-state index >= 15 is 0 Å². The number of nitrogens with one attached hydrogen (secondary N) is 2. The van der Waals surface area contributed by atoms with E-state index in [0.717, 1.165) is 11.3 Å². The molecule has 2 aromatic rings. The summed E-state index contributed by atoms with van der Waals surface area (Å²) < 4.78 is 10.8. The van der Waals surface area contributed by atoms with Crippen LogP contribution in [0.4, 0.5) is 4.79 Å². The number of carbonyl (C=O) groups is 2. The Hall–Kier alpha value is -3.28. The lowest BCUT2D eigenvalue weighted by molar-refractivity contribution is -0.136. The molecule has 2 amide bonds. The number of esters is 1. The van der Waals surface area contributed by atoms with E-state index in [1.54, 1.807) is 6.92 Å². The minimum atomic E-state index is -0.583. The smallest absolute Gasteiger partial charge is 0.337 e. The fourth-order valence-electron chi connectivity index (χ4n) is 3.11. The van der Waals surface area contributed by atoms with Crippen LogP contribution in [0.1, 0.15) is 43.9 Å². The van der Waals surface area contributed by atoms with Gasteiger partial charge in [-0.25, -0.2) is 9.59 Å². The Morgan fingerprint density at radius 3 is 2.11 bits per heavy atom. The third kappa shape index (κ3) is 4.17. The average Bonchev–Trinajstić information content (AvgIpc) is 2.68. The third-order valence-corrected chi connectivity index (χ3v) is 4.67. The molecule has 2 aromatic carbocycles. The molecule has 2 N–H and O–H groups in total. The number of urea groups is 1. The predicted molar refractivity (Wildman–Crippen MR) is 106 cm³/mol. The molecule has 1 aliphatic heterocycles. The molecule has 0 fully saturated rings. The second-order valence-corrected chi connectivity index (χ2v) is 6.96. The third-order valence-electron chi connectivity index (χ3n) is 4.67. The molecule has 1 atom stereocenters. The van der Waals surface area contributed by atoms with E-state index in [1.165, 1.54) is 12.7 Å². The van der Waals surface area contributed by atoms with Crippen LogP contribution in [0.3, 0.4) is 0 Å². The van der Waals surface area contributed by atoms with Crippen LogP contribution in [-0.4, -0.2) is 19.1 Å². The lowest BCUT2D eigenvalue weighted by Crippen LogP contribution is -2.45. The van der Waals surface area contributed by atoms with Crippen molar-refractivity contribution in [3.63, 3.8) is 0 Å². The molecule has 3 rings (SSSR count). The molecular weight excluding hydrogens is 356 g/mol. The fourth-order valence-corrected chi connectivity index (χ4v) is 3.11. The Labute approximate surface area is 164 Å². The molecule has 0 bridgehead atoms. The maximum absolute atomic E-state index is 12.2. The van der Waals surface area contributed by atoms with Crippen molar-refractivity contribution in [1.82, 2.24) is 10.6 Å². The van der Waals surface area contributed by atoms with Gasteiger partial charge >= 0.3 is 12.0 Å². The zero-order chi connectivity index (χ0) is 20.3. The first-order valence-electron chi connectivity index (χ1n) is 9.13. The van der Waals surface area contributed by atoms with Crippen LogP contribution in [0.2, 0.25) is 0 Å². The van der Waals surface area contributed by atoms with Crippen LogP contribution in [0.25, 0.3) is 0 Å². The van der Waals surface area contributed by atoms with Crippen molar-refractivity contribution in [2.45, 2.75) is 32.7 Å². The molecule has 0 aromatic heterocycles. The number of methoxy groups -OCH3 is 1. The van der Waals surface area contributed by atoms with Crippen LogP contribution < -0.4 is 15.4 Å². The number of hydrogen-bond donors (Lipinski definition) is 2. The van der Waals surface area contributed by atoms with Gasteiger partial charge in [-0.15, -0.1) is 0 Å². The van der Waals surface area contributed by atoms with Gasteiger partial charge in [0.05, 0.1) is 18.7 Å². The van der Waals surface area contributed by atoms with Crippen molar-refractivity contribution in [2.24, 2.45) is 0 Å². The van der Waals surface area contributed by atoms with Gasteiger partial charge in [-0.1, -0.05) is 38.1 Å². The summed E-state index contributed by atoms with van der Waals surface area (Å²) in [5.41, 5.74) is 2.87. The zero-order valence-corrected chi connectivity index (χ0v) is 16.4. The summed E-state index contributed by atoms with van der Waals surface area (Å²) in [6, 6.07) is 14.3. The summed E-state index contributed by atoms with van der Waals surface area (Å²) in [5.74, 6) is 1.40. The molecule has 6 nitrogen and oxygen atoms in total. The van der Waals surface area contributed by atoms with Crippen LogP contribution in [0, 0.1) is 0 Å². The van der Waals surface area contributed by atoms with E-state index in [4.69, 9.17) is 9.47 Å². The molecule has 1 unspecified atom stereocenters. The summed E-state index contributed by atoms with van der Waals surface area (Å²) in [5, 5.41) is 5.37. The topological polar surface area (TPSA) is 76.7 Å². The molecule has 1 aliphatic rings. The van der Waals surface area contributed by atoms with Gasteiger partial charge in [-0.05, 0) is 48.2 Å². The van der Waals surface area contributed by atoms with Crippen molar-refractivity contribution in [1.29, 1.82) is 0 Å². The first-order chi connectivity index (χ1) is 13.4. The number of amides is 2. The number of hydrogen-bond acceptors (Lipinski definition) is 4. The Bertz CT molecular complexity index is 899. The van der Waals surface area contributed by atoms with Gasteiger partial charge in [-0.3, -0.25) is 0 Å².